The first-order chi connectivity index (χ1) is 10.0. The normalized spacial score (nSPS) is 18.2. The molecule has 1 aromatic carbocycles. The third-order valence-corrected chi connectivity index (χ3v) is 5.71. The summed E-state index contributed by atoms with van der Waals surface area (Å²) < 4.78 is 27.4. The van der Waals surface area contributed by atoms with E-state index in [1.54, 1.807) is 12.1 Å². The van der Waals surface area contributed by atoms with Gasteiger partial charge >= 0.3 is 0 Å². The number of sulfonamides is 1. The molecule has 2 rings (SSSR count). The standard InChI is InChI=1S/C15H23ClN2O2S.ClH/c1-2-4-12-6-7-14(16)15(11-12)21(19,20)18-10-8-13-5-3-9-17-13;/h6-7,11,13,17-18H,2-5,8-10H2,1H3;1H/t13-;/m1./s1. The summed E-state index contributed by atoms with van der Waals surface area (Å²) in [6.45, 7) is 3.53. The second kappa shape index (κ2) is 9.08. The van der Waals surface area contributed by atoms with E-state index in [0.717, 1.165) is 37.8 Å². The zero-order valence-electron chi connectivity index (χ0n) is 12.8. The highest BCUT2D eigenvalue weighted by atomic mass is 35.5. The van der Waals surface area contributed by atoms with Crippen LogP contribution in [0.5, 0.6) is 0 Å². The van der Waals surface area contributed by atoms with E-state index in [2.05, 4.69) is 17.0 Å². The third kappa shape index (κ3) is 5.39. The number of hydrogen-bond acceptors (Lipinski definition) is 3. The Morgan fingerprint density at radius 2 is 2.18 bits per heavy atom. The molecule has 0 radical (unpaired) electrons. The topological polar surface area (TPSA) is 58.2 Å². The fraction of sp³-hybridized carbons (Fsp3) is 0.600. The Kier molecular flexibility index (Phi) is 8.14. The monoisotopic (exact) mass is 366 g/mol. The predicted molar refractivity (Wildman–Crippen MR) is 93.5 cm³/mol. The number of hydrogen-bond donors (Lipinski definition) is 2. The van der Waals surface area contributed by atoms with E-state index in [-0.39, 0.29) is 22.3 Å². The summed E-state index contributed by atoms with van der Waals surface area (Å²) in [4.78, 5) is 0.189. The van der Waals surface area contributed by atoms with Gasteiger partial charge in [0.25, 0.3) is 0 Å². The highest BCUT2D eigenvalue weighted by Crippen LogP contribution is 2.23. The molecule has 1 atom stereocenters. The van der Waals surface area contributed by atoms with Gasteiger partial charge in [0.05, 0.1) is 5.02 Å². The average Bonchev–Trinajstić information content (AvgIpc) is 2.94. The quantitative estimate of drug-likeness (QED) is 0.779. The maximum atomic E-state index is 12.4. The molecule has 0 saturated carbocycles. The molecule has 0 spiro atoms. The molecular weight excluding hydrogens is 343 g/mol. The molecule has 1 aliphatic heterocycles. The van der Waals surface area contributed by atoms with Crippen LogP contribution >= 0.6 is 24.0 Å². The molecule has 0 bridgehead atoms. The van der Waals surface area contributed by atoms with Gasteiger partial charge in [-0.25, -0.2) is 13.1 Å². The molecule has 1 saturated heterocycles. The van der Waals surface area contributed by atoms with Crippen molar-refractivity contribution in [3.63, 3.8) is 0 Å². The zero-order chi connectivity index (χ0) is 15.3. The predicted octanol–water partition coefficient (Wildman–Crippen LogP) is 3.13. The lowest BCUT2D eigenvalue weighted by molar-refractivity contribution is 0.539. The van der Waals surface area contributed by atoms with Crippen LogP contribution in [0.15, 0.2) is 23.1 Å². The van der Waals surface area contributed by atoms with Crippen molar-refractivity contribution < 1.29 is 8.42 Å². The van der Waals surface area contributed by atoms with E-state index >= 15 is 0 Å². The van der Waals surface area contributed by atoms with Crippen molar-refractivity contribution in [1.29, 1.82) is 0 Å². The van der Waals surface area contributed by atoms with E-state index in [1.165, 1.54) is 6.42 Å². The average molecular weight is 367 g/mol. The molecule has 126 valence electrons. The molecule has 1 fully saturated rings. The van der Waals surface area contributed by atoms with Crippen LogP contribution in [0, 0.1) is 0 Å². The first kappa shape index (κ1) is 19.7. The molecule has 7 heteroatoms. The lowest BCUT2D eigenvalue weighted by Gasteiger charge is -2.12. The fourth-order valence-electron chi connectivity index (χ4n) is 2.65. The van der Waals surface area contributed by atoms with Gasteiger partial charge in [-0.1, -0.05) is 31.0 Å². The Balaban J connectivity index is 0.00000242. The minimum atomic E-state index is -3.53. The van der Waals surface area contributed by atoms with E-state index in [9.17, 15) is 8.42 Å². The van der Waals surface area contributed by atoms with Gasteiger partial charge < -0.3 is 5.32 Å². The van der Waals surface area contributed by atoms with Crippen molar-refractivity contribution in [2.45, 2.75) is 50.0 Å². The van der Waals surface area contributed by atoms with E-state index < -0.39 is 10.0 Å². The molecule has 22 heavy (non-hydrogen) atoms. The van der Waals surface area contributed by atoms with Crippen LogP contribution in [0.3, 0.4) is 0 Å². The molecule has 1 aromatic rings. The minimum absolute atomic E-state index is 0. The van der Waals surface area contributed by atoms with Crippen molar-refractivity contribution in [1.82, 2.24) is 10.0 Å². The summed E-state index contributed by atoms with van der Waals surface area (Å²) in [6, 6.07) is 5.66. The highest BCUT2D eigenvalue weighted by molar-refractivity contribution is 7.89. The Labute approximate surface area is 144 Å². The van der Waals surface area contributed by atoms with Crippen LogP contribution in [0.25, 0.3) is 0 Å². The fourth-order valence-corrected chi connectivity index (χ4v) is 4.24. The molecular formula is C15H24Cl2N2O2S. The molecule has 1 aliphatic rings. The lowest BCUT2D eigenvalue weighted by atomic mass is 10.1. The van der Waals surface area contributed by atoms with Crippen LogP contribution in [0.1, 0.15) is 38.2 Å². The third-order valence-electron chi connectivity index (χ3n) is 3.77. The van der Waals surface area contributed by atoms with Gasteiger partial charge in [0.1, 0.15) is 4.90 Å². The van der Waals surface area contributed by atoms with Gasteiger partial charge in [-0.3, -0.25) is 0 Å². The number of aryl methyl sites for hydroxylation is 1. The van der Waals surface area contributed by atoms with Crippen LogP contribution in [-0.2, 0) is 16.4 Å². The zero-order valence-corrected chi connectivity index (χ0v) is 15.2. The Bertz CT molecular complexity index is 573. The molecule has 1 heterocycles. The summed E-state index contributed by atoms with van der Waals surface area (Å²) in [5.74, 6) is 0. The van der Waals surface area contributed by atoms with Crippen LogP contribution < -0.4 is 10.0 Å². The number of nitrogens with one attached hydrogen (secondary N) is 2. The molecule has 0 aliphatic carbocycles. The van der Waals surface area contributed by atoms with Gasteiger partial charge in [0.15, 0.2) is 0 Å². The summed E-state index contributed by atoms with van der Waals surface area (Å²) in [5, 5.41) is 3.64. The summed E-state index contributed by atoms with van der Waals surface area (Å²) in [7, 11) is -3.53. The molecule has 0 unspecified atom stereocenters. The van der Waals surface area contributed by atoms with Crippen molar-refractivity contribution in [2.24, 2.45) is 0 Å². The first-order valence-electron chi connectivity index (χ1n) is 7.54. The Morgan fingerprint density at radius 3 is 2.82 bits per heavy atom. The second-order valence-corrected chi connectivity index (χ2v) is 7.64. The lowest BCUT2D eigenvalue weighted by Crippen LogP contribution is -2.30. The largest absolute Gasteiger partial charge is 0.314 e. The molecule has 2 N–H and O–H groups in total. The maximum absolute atomic E-state index is 12.4. The molecule has 4 nitrogen and oxygen atoms in total. The van der Waals surface area contributed by atoms with Crippen LogP contribution in [0.2, 0.25) is 5.02 Å². The van der Waals surface area contributed by atoms with Gasteiger partial charge in [-0.05, 0) is 49.9 Å². The van der Waals surface area contributed by atoms with Crippen molar-refractivity contribution in [3.05, 3.63) is 28.8 Å². The van der Waals surface area contributed by atoms with Crippen molar-refractivity contribution in [3.8, 4) is 0 Å². The maximum Gasteiger partial charge on any atom is 0.242 e. The second-order valence-electron chi connectivity index (χ2n) is 5.49. The summed E-state index contributed by atoms with van der Waals surface area (Å²) >= 11 is 6.06. The van der Waals surface area contributed by atoms with E-state index in [1.807, 2.05) is 6.07 Å². The molecule has 0 aromatic heterocycles. The summed E-state index contributed by atoms with van der Waals surface area (Å²) in [6.07, 6.45) is 4.93. The van der Waals surface area contributed by atoms with E-state index in [4.69, 9.17) is 11.6 Å². The van der Waals surface area contributed by atoms with Crippen molar-refractivity contribution in [2.75, 3.05) is 13.1 Å². The van der Waals surface area contributed by atoms with Crippen LogP contribution in [-0.4, -0.2) is 27.5 Å². The molecule has 0 amide bonds. The van der Waals surface area contributed by atoms with Crippen molar-refractivity contribution >= 4 is 34.0 Å². The van der Waals surface area contributed by atoms with E-state index in [0.29, 0.717) is 12.6 Å². The van der Waals surface area contributed by atoms with Gasteiger partial charge in [0.2, 0.25) is 10.0 Å². The smallest absolute Gasteiger partial charge is 0.242 e. The number of benzene rings is 1. The van der Waals surface area contributed by atoms with Gasteiger partial charge in [-0.15, -0.1) is 12.4 Å². The first-order valence-corrected chi connectivity index (χ1v) is 9.40. The Hall–Kier alpha value is -0.330. The number of halogens is 2. The van der Waals surface area contributed by atoms with Gasteiger partial charge in [-0.2, -0.15) is 0 Å². The van der Waals surface area contributed by atoms with Gasteiger partial charge in [0, 0.05) is 12.6 Å². The minimum Gasteiger partial charge on any atom is -0.314 e. The number of rotatable bonds is 7. The highest BCUT2D eigenvalue weighted by Gasteiger charge is 2.19. The van der Waals surface area contributed by atoms with Crippen LogP contribution in [0.4, 0.5) is 0 Å². The Morgan fingerprint density at radius 1 is 1.41 bits per heavy atom. The summed E-state index contributed by atoms with van der Waals surface area (Å²) in [5.41, 5.74) is 1.000. The SMILES string of the molecule is CCCc1ccc(Cl)c(S(=O)(=O)NCC[C@H]2CCCN2)c1.Cl.